The highest BCUT2D eigenvalue weighted by Crippen LogP contribution is 2.18. The summed E-state index contributed by atoms with van der Waals surface area (Å²) in [6.45, 7) is 6.46. The maximum Gasteiger partial charge on any atom is 0.306 e. The number of allylic oxidation sites excluding steroid dienone is 4. The van der Waals surface area contributed by atoms with Crippen LogP contribution in [0.5, 0.6) is 0 Å². The summed E-state index contributed by atoms with van der Waals surface area (Å²) in [5, 5.41) is 23.8. The third-order valence-corrected chi connectivity index (χ3v) is 11.8. The number of unbranched alkanes of at least 4 members (excludes halogenated alkanes) is 31. The van der Waals surface area contributed by atoms with Crippen LogP contribution >= 0.6 is 0 Å². The van der Waals surface area contributed by atoms with E-state index in [9.17, 15) is 19.8 Å². The van der Waals surface area contributed by atoms with Gasteiger partial charge in [-0.25, -0.2) is 0 Å². The summed E-state index contributed by atoms with van der Waals surface area (Å²) in [6.07, 6.45) is 52.3. The summed E-state index contributed by atoms with van der Waals surface area (Å²) in [5.74, 6) is -0.482. The van der Waals surface area contributed by atoms with Gasteiger partial charge in [0.1, 0.15) is 6.10 Å². The molecule has 58 heavy (non-hydrogen) atoms. The third kappa shape index (κ3) is 41.1. The molecule has 342 valence electrons. The molecule has 3 atom stereocenters. The van der Waals surface area contributed by atoms with Gasteiger partial charge in [0.2, 0.25) is 5.91 Å². The molecule has 0 aromatic heterocycles. The highest BCUT2D eigenvalue weighted by Gasteiger charge is 2.24. The Bertz CT molecular complexity index is 919. The minimum Gasteiger partial charge on any atom is -0.462 e. The first-order valence-corrected chi connectivity index (χ1v) is 25.6. The van der Waals surface area contributed by atoms with Crippen molar-refractivity contribution in [1.29, 1.82) is 0 Å². The zero-order chi connectivity index (χ0) is 42.4. The van der Waals surface area contributed by atoms with Crippen molar-refractivity contribution in [3.63, 3.8) is 0 Å². The van der Waals surface area contributed by atoms with E-state index in [1.54, 1.807) is 0 Å². The normalized spacial score (nSPS) is 13.4. The molecule has 0 aliphatic heterocycles. The van der Waals surface area contributed by atoms with Crippen LogP contribution in [0.3, 0.4) is 0 Å². The van der Waals surface area contributed by atoms with Crippen LogP contribution in [0.2, 0.25) is 0 Å². The Morgan fingerprint density at radius 1 is 0.500 bits per heavy atom. The predicted octanol–water partition coefficient (Wildman–Crippen LogP) is 15.1. The fraction of sp³-hybridized carbons (Fsp3) is 0.885. The number of aliphatic hydroxyl groups is 2. The van der Waals surface area contributed by atoms with Gasteiger partial charge in [0.05, 0.1) is 25.2 Å². The van der Waals surface area contributed by atoms with Gasteiger partial charge in [-0.1, -0.05) is 231 Å². The molecule has 0 fully saturated rings. The van der Waals surface area contributed by atoms with E-state index in [1.165, 1.54) is 154 Å². The van der Waals surface area contributed by atoms with E-state index in [0.29, 0.717) is 19.3 Å². The van der Waals surface area contributed by atoms with Crippen LogP contribution in [0, 0.1) is 0 Å². The van der Waals surface area contributed by atoms with E-state index in [2.05, 4.69) is 50.4 Å². The van der Waals surface area contributed by atoms with Crippen LogP contribution < -0.4 is 5.32 Å². The van der Waals surface area contributed by atoms with Gasteiger partial charge >= 0.3 is 5.97 Å². The molecule has 0 heterocycles. The Hall–Kier alpha value is -1.66. The zero-order valence-electron chi connectivity index (χ0n) is 38.9. The number of carbonyl (C=O) groups is 2. The Labute approximate surface area is 361 Å². The summed E-state index contributed by atoms with van der Waals surface area (Å²) in [7, 11) is 0. The van der Waals surface area contributed by atoms with E-state index in [4.69, 9.17) is 4.74 Å². The van der Waals surface area contributed by atoms with Crippen LogP contribution in [0.1, 0.15) is 271 Å². The Morgan fingerprint density at radius 3 is 1.31 bits per heavy atom. The minimum atomic E-state index is -0.788. The Balaban J connectivity index is 4.56. The van der Waals surface area contributed by atoms with E-state index in [0.717, 1.165) is 70.6 Å². The molecule has 0 rings (SSSR count). The number of amides is 1. The maximum absolute atomic E-state index is 13.2. The van der Waals surface area contributed by atoms with Crippen molar-refractivity contribution in [3.8, 4) is 0 Å². The first-order valence-electron chi connectivity index (χ1n) is 25.6. The maximum atomic E-state index is 13.2. The molecular weight excluding hydrogens is 719 g/mol. The number of ether oxygens (including phenoxy) is 1. The second-order valence-corrected chi connectivity index (χ2v) is 17.6. The molecule has 6 heteroatoms. The summed E-state index contributed by atoms with van der Waals surface area (Å²) in [6, 6.07) is -0.703. The molecule has 0 aliphatic rings. The van der Waals surface area contributed by atoms with Crippen molar-refractivity contribution in [2.75, 3.05) is 6.61 Å². The molecule has 0 saturated carbocycles. The van der Waals surface area contributed by atoms with Gasteiger partial charge in [-0.05, 0) is 51.4 Å². The summed E-state index contributed by atoms with van der Waals surface area (Å²) in [4.78, 5) is 26.1. The number of rotatable bonds is 46. The van der Waals surface area contributed by atoms with Gasteiger partial charge in [0.15, 0.2) is 0 Å². The molecule has 1 amide bonds. The fourth-order valence-corrected chi connectivity index (χ4v) is 7.89. The molecular formula is C52H99NO5. The number of esters is 1. The average Bonchev–Trinajstić information content (AvgIpc) is 3.22. The topological polar surface area (TPSA) is 95.9 Å². The van der Waals surface area contributed by atoms with Gasteiger partial charge in [-0.2, -0.15) is 0 Å². The van der Waals surface area contributed by atoms with Crippen LogP contribution in [0.25, 0.3) is 0 Å². The molecule has 3 unspecified atom stereocenters. The number of nitrogens with one attached hydrogen (secondary N) is 1. The first-order chi connectivity index (χ1) is 28.5. The number of aliphatic hydroxyl groups excluding tert-OH is 2. The lowest BCUT2D eigenvalue weighted by Crippen LogP contribution is -2.46. The van der Waals surface area contributed by atoms with Crippen LogP contribution in [-0.4, -0.2) is 46.9 Å². The summed E-state index contributed by atoms with van der Waals surface area (Å²) < 4.78 is 5.92. The minimum absolute atomic E-state index is 0.0690. The molecule has 0 bridgehead atoms. The lowest BCUT2D eigenvalue weighted by molar-refractivity contribution is -0.151. The quantitative estimate of drug-likeness (QED) is 0.0323. The molecule has 6 nitrogen and oxygen atoms in total. The molecule has 0 aromatic rings. The summed E-state index contributed by atoms with van der Waals surface area (Å²) >= 11 is 0. The first kappa shape index (κ1) is 56.3. The SMILES string of the molecule is CCCCC/C=C/C=C/CCCCCCC(CC(=O)NC(CO)C(O)CCCCCCCCCCCCCCCC)OC(=O)CCCCCCCCCCCCCC. The van der Waals surface area contributed by atoms with E-state index in [-0.39, 0.29) is 24.9 Å². The number of hydrogen-bond acceptors (Lipinski definition) is 5. The van der Waals surface area contributed by atoms with Gasteiger partial charge in [-0.3, -0.25) is 9.59 Å². The smallest absolute Gasteiger partial charge is 0.306 e. The van der Waals surface area contributed by atoms with Crippen molar-refractivity contribution in [2.45, 2.75) is 289 Å². The Morgan fingerprint density at radius 2 is 0.862 bits per heavy atom. The molecule has 0 saturated heterocycles. The fourth-order valence-electron chi connectivity index (χ4n) is 7.89. The van der Waals surface area contributed by atoms with Crippen LogP contribution in [0.15, 0.2) is 24.3 Å². The third-order valence-electron chi connectivity index (χ3n) is 11.8. The molecule has 3 N–H and O–H groups in total. The van der Waals surface area contributed by atoms with Crippen LogP contribution in [-0.2, 0) is 14.3 Å². The van der Waals surface area contributed by atoms with Crippen molar-refractivity contribution >= 4 is 11.9 Å². The van der Waals surface area contributed by atoms with Gasteiger partial charge in [0, 0.05) is 6.42 Å². The molecule has 0 spiro atoms. The standard InChI is InChI=1S/C52H99NO5/c1-4-7-10-13-16-19-22-25-27-29-32-35-38-41-44-50(55)49(47-54)53-51(56)46-48(43-40-37-34-31-28-26-23-20-17-14-11-8-5-2)58-52(57)45-42-39-36-33-30-24-21-18-15-12-9-6-3/h17,20,23,26,48-50,54-55H,4-16,18-19,21-22,24-25,27-47H2,1-3H3,(H,53,56)/b20-17+,26-23+. The second kappa shape index (κ2) is 46.4. The largest absolute Gasteiger partial charge is 0.462 e. The van der Waals surface area contributed by atoms with Gasteiger partial charge in [0.25, 0.3) is 0 Å². The van der Waals surface area contributed by atoms with E-state index < -0.39 is 18.2 Å². The lowest BCUT2D eigenvalue weighted by atomic mass is 10.0. The highest BCUT2D eigenvalue weighted by molar-refractivity contribution is 5.77. The number of carbonyl (C=O) groups excluding carboxylic acids is 2. The highest BCUT2D eigenvalue weighted by atomic mass is 16.5. The van der Waals surface area contributed by atoms with E-state index in [1.807, 2.05) is 0 Å². The van der Waals surface area contributed by atoms with E-state index >= 15 is 0 Å². The number of hydrogen-bond donors (Lipinski definition) is 3. The van der Waals surface area contributed by atoms with Crippen molar-refractivity contribution < 1.29 is 24.5 Å². The van der Waals surface area contributed by atoms with Crippen molar-refractivity contribution in [3.05, 3.63) is 24.3 Å². The average molecular weight is 818 g/mol. The lowest BCUT2D eigenvalue weighted by Gasteiger charge is -2.24. The second-order valence-electron chi connectivity index (χ2n) is 17.6. The molecule has 0 aromatic carbocycles. The predicted molar refractivity (Wildman–Crippen MR) is 250 cm³/mol. The summed E-state index contributed by atoms with van der Waals surface area (Å²) in [5.41, 5.74) is 0. The molecule has 0 aliphatic carbocycles. The van der Waals surface area contributed by atoms with Crippen molar-refractivity contribution in [2.24, 2.45) is 0 Å². The van der Waals surface area contributed by atoms with Crippen molar-refractivity contribution in [1.82, 2.24) is 5.32 Å². The van der Waals surface area contributed by atoms with Gasteiger partial charge < -0.3 is 20.3 Å². The monoisotopic (exact) mass is 818 g/mol. The Kier molecular flexibility index (Phi) is 45.1. The molecule has 0 radical (unpaired) electrons. The van der Waals surface area contributed by atoms with Gasteiger partial charge in [-0.15, -0.1) is 0 Å². The van der Waals surface area contributed by atoms with Crippen LogP contribution in [0.4, 0.5) is 0 Å². The zero-order valence-corrected chi connectivity index (χ0v) is 38.9.